The molecule has 1 heterocycles. The molecule has 0 radical (unpaired) electrons. The first-order valence-corrected chi connectivity index (χ1v) is 7.43. The minimum Gasteiger partial charge on any atom is -0.368 e. The van der Waals surface area contributed by atoms with Gasteiger partial charge in [0, 0.05) is 11.1 Å². The molecule has 0 saturated heterocycles. The number of aromatic nitrogens is 3. The second-order valence-corrected chi connectivity index (χ2v) is 5.42. The number of nitrogens with two attached hydrogens (primary N) is 1. The fourth-order valence-electron chi connectivity index (χ4n) is 2.12. The SMILES string of the molecule is CCC(CCc1ccc(Cl)cc1)Nc1nc(C)nc(N)n1. The molecule has 0 saturated carbocycles. The summed E-state index contributed by atoms with van der Waals surface area (Å²) >= 11 is 5.89. The summed E-state index contributed by atoms with van der Waals surface area (Å²) < 4.78 is 0. The summed E-state index contributed by atoms with van der Waals surface area (Å²) in [6.45, 7) is 3.94. The Balaban J connectivity index is 1.95. The zero-order valence-corrected chi connectivity index (χ0v) is 13.1. The van der Waals surface area contributed by atoms with Crippen LogP contribution >= 0.6 is 11.6 Å². The number of nitrogens with one attached hydrogen (secondary N) is 1. The van der Waals surface area contributed by atoms with E-state index in [0.717, 1.165) is 24.3 Å². The van der Waals surface area contributed by atoms with E-state index in [1.165, 1.54) is 5.56 Å². The van der Waals surface area contributed by atoms with Gasteiger partial charge in [-0.2, -0.15) is 15.0 Å². The number of nitrogens with zero attached hydrogens (tertiary/aromatic N) is 3. The number of anilines is 2. The lowest BCUT2D eigenvalue weighted by Gasteiger charge is -2.17. The van der Waals surface area contributed by atoms with Gasteiger partial charge in [-0.1, -0.05) is 30.7 Å². The van der Waals surface area contributed by atoms with E-state index in [2.05, 4.69) is 39.3 Å². The maximum absolute atomic E-state index is 5.89. The van der Waals surface area contributed by atoms with Gasteiger partial charge in [0.1, 0.15) is 5.82 Å². The Morgan fingerprint density at radius 1 is 1.19 bits per heavy atom. The van der Waals surface area contributed by atoms with Gasteiger partial charge in [0.2, 0.25) is 11.9 Å². The van der Waals surface area contributed by atoms with Gasteiger partial charge >= 0.3 is 0 Å². The van der Waals surface area contributed by atoms with E-state index in [0.29, 0.717) is 17.8 Å². The topological polar surface area (TPSA) is 76.7 Å². The normalized spacial score (nSPS) is 12.1. The number of rotatable bonds is 6. The number of nitrogen functional groups attached to an aromatic ring is 1. The third-order valence-corrected chi connectivity index (χ3v) is 3.54. The Morgan fingerprint density at radius 3 is 2.52 bits per heavy atom. The molecular weight excluding hydrogens is 286 g/mol. The van der Waals surface area contributed by atoms with Gasteiger partial charge in [0.15, 0.2) is 0 Å². The monoisotopic (exact) mass is 305 g/mol. The van der Waals surface area contributed by atoms with Gasteiger partial charge in [0.05, 0.1) is 0 Å². The highest BCUT2D eigenvalue weighted by atomic mass is 35.5. The van der Waals surface area contributed by atoms with Crippen molar-refractivity contribution in [2.75, 3.05) is 11.1 Å². The standard InChI is InChI=1S/C15H20ClN5/c1-3-13(9-6-11-4-7-12(16)8-5-11)20-15-19-10(2)18-14(17)21-15/h4-5,7-8,13H,3,6,9H2,1-2H3,(H3,17,18,19,20,21). The molecule has 0 spiro atoms. The zero-order chi connectivity index (χ0) is 15.2. The second-order valence-electron chi connectivity index (χ2n) is 4.98. The number of aryl methyl sites for hydroxylation is 2. The molecule has 0 bridgehead atoms. The molecule has 5 nitrogen and oxygen atoms in total. The van der Waals surface area contributed by atoms with Crippen molar-refractivity contribution in [3.05, 3.63) is 40.7 Å². The highest BCUT2D eigenvalue weighted by molar-refractivity contribution is 6.30. The molecule has 0 fully saturated rings. The van der Waals surface area contributed by atoms with Crippen LogP contribution in [-0.4, -0.2) is 21.0 Å². The highest BCUT2D eigenvalue weighted by Gasteiger charge is 2.09. The summed E-state index contributed by atoms with van der Waals surface area (Å²) in [5, 5.41) is 4.09. The van der Waals surface area contributed by atoms with Crippen LogP contribution in [0.15, 0.2) is 24.3 Å². The van der Waals surface area contributed by atoms with E-state index in [1.54, 1.807) is 6.92 Å². The Labute approximate surface area is 130 Å². The molecule has 0 aliphatic heterocycles. The molecule has 1 aromatic heterocycles. The molecule has 0 aliphatic rings. The summed E-state index contributed by atoms with van der Waals surface area (Å²) in [7, 11) is 0. The average molecular weight is 306 g/mol. The average Bonchev–Trinajstić information content (AvgIpc) is 2.44. The molecule has 2 rings (SSSR count). The van der Waals surface area contributed by atoms with Crippen molar-refractivity contribution < 1.29 is 0 Å². The van der Waals surface area contributed by atoms with Crippen LogP contribution in [0.1, 0.15) is 31.2 Å². The third kappa shape index (κ3) is 4.86. The first kappa shape index (κ1) is 15.5. The number of halogens is 1. The molecule has 6 heteroatoms. The smallest absolute Gasteiger partial charge is 0.227 e. The molecule has 21 heavy (non-hydrogen) atoms. The van der Waals surface area contributed by atoms with E-state index in [1.807, 2.05) is 12.1 Å². The maximum atomic E-state index is 5.89. The van der Waals surface area contributed by atoms with Crippen LogP contribution in [0.25, 0.3) is 0 Å². The molecule has 112 valence electrons. The molecular formula is C15H20ClN5. The summed E-state index contributed by atoms with van der Waals surface area (Å²) in [6.07, 6.45) is 2.95. The van der Waals surface area contributed by atoms with E-state index in [-0.39, 0.29) is 5.95 Å². The second kappa shape index (κ2) is 7.22. The number of hydrogen-bond donors (Lipinski definition) is 2. The zero-order valence-electron chi connectivity index (χ0n) is 12.3. The van der Waals surface area contributed by atoms with Crippen molar-refractivity contribution in [2.24, 2.45) is 0 Å². The van der Waals surface area contributed by atoms with Crippen molar-refractivity contribution in [1.29, 1.82) is 0 Å². The van der Waals surface area contributed by atoms with E-state index >= 15 is 0 Å². The molecule has 0 aliphatic carbocycles. The minimum atomic E-state index is 0.248. The van der Waals surface area contributed by atoms with E-state index < -0.39 is 0 Å². The predicted octanol–water partition coefficient (Wildman–Crippen LogP) is 3.24. The van der Waals surface area contributed by atoms with Gasteiger partial charge in [-0.25, -0.2) is 0 Å². The van der Waals surface area contributed by atoms with Gasteiger partial charge in [-0.3, -0.25) is 0 Å². The van der Waals surface area contributed by atoms with Crippen molar-refractivity contribution in [3.63, 3.8) is 0 Å². The third-order valence-electron chi connectivity index (χ3n) is 3.29. The molecule has 1 unspecified atom stereocenters. The van der Waals surface area contributed by atoms with Crippen molar-refractivity contribution in [3.8, 4) is 0 Å². The van der Waals surface area contributed by atoms with Gasteiger partial charge in [-0.15, -0.1) is 0 Å². The molecule has 3 N–H and O–H groups in total. The van der Waals surface area contributed by atoms with Crippen LogP contribution < -0.4 is 11.1 Å². The minimum absolute atomic E-state index is 0.248. The van der Waals surface area contributed by atoms with Crippen molar-refractivity contribution in [2.45, 2.75) is 39.2 Å². The molecule has 1 atom stereocenters. The first-order chi connectivity index (χ1) is 10.1. The highest BCUT2D eigenvalue weighted by Crippen LogP contribution is 2.14. The van der Waals surface area contributed by atoms with E-state index in [4.69, 9.17) is 17.3 Å². The summed E-state index contributed by atoms with van der Waals surface area (Å²) in [4.78, 5) is 12.3. The lowest BCUT2D eigenvalue weighted by Crippen LogP contribution is -2.21. The molecule has 0 amide bonds. The molecule has 1 aromatic carbocycles. The maximum Gasteiger partial charge on any atom is 0.227 e. The lowest BCUT2D eigenvalue weighted by atomic mass is 10.0. The summed E-state index contributed by atoms with van der Waals surface area (Å²) in [6, 6.07) is 8.24. The van der Waals surface area contributed by atoms with Crippen LogP contribution in [0, 0.1) is 6.92 Å². The number of benzene rings is 1. The first-order valence-electron chi connectivity index (χ1n) is 7.06. The Kier molecular flexibility index (Phi) is 5.33. The fraction of sp³-hybridized carbons (Fsp3) is 0.400. The summed E-state index contributed by atoms with van der Waals surface area (Å²) in [5.74, 6) is 1.41. The Morgan fingerprint density at radius 2 is 1.90 bits per heavy atom. The fourth-order valence-corrected chi connectivity index (χ4v) is 2.25. The van der Waals surface area contributed by atoms with Crippen LogP contribution in [0.5, 0.6) is 0 Å². The Bertz CT molecular complexity index is 565. The van der Waals surface area contributed by atoms with Crippen molar-refractivity contribution >= 4 is 23.5 Å². The van der Waals surface area contributed by atoms with Crippen molar-refractivity contribution in [1.82, 2.24) is 15.0 Å². The van der Waals surface area contributed by atoms with Crippen LogP contribution in [0.4, 0.5) is 11.9 Å². The summed E-state index contributed by atoms with van der Waals surface area (Å²) in [5.41, 5.74) is 6.91. The van der Waals surface area contributed by atoms with Gasteiger partial charge < -0.3 is 11.1 Å². The quantitative estimate of drug-likeness (QED) is 0.856. The lowest BCUT2D eigenvalue weighted by molar-refractivity contribution is 0.627. The van der Waals surface area contributed by atoms with Crippen LogP contribution in [-0.2, 0) is 6.42 Å². The number of hydrogen-bond acceptors (Lipinski definition) is 5. The van der Waals surface area contributed by atoms with Gasteiger partial charge in [-0.05, 0) is 43.9 Å². The van der Waals surface area contributed by atoms with E-state index in [9.17, 15) is 0 Å². The molecule has 2 aromatic rings. The van der Waals surface area contributed by atoms with Crippen LogP contribution in [0.3, 0.4) is 0 Å². The van der Waals surface area contributed by atoms with Crippen LogP contribution in [0.2, 0.25) is 5.02 Å². The largest absolute Gasteiger partial charge is 0.368 e. The Hall–Kier alpha value is -1.88. The van der Waals surface area contributed by atoms with Gasteiger partial charge in [0.25, 0.3) is 0 Å². The predicted molar refractivity (Wildman–Crippen MR) is 86.5 cm³/mol.